The molecule has 1 amide bonds. The molecule has 0 spiro atoms. The molecular weight excluding hydrogens is 417 g/mol. The maximum Gasteiger partial charge on any atom is 0.416 e. The summed E-state index contributed by atoms with van der Waals surface area (Å²) in [6.07, 6.45) is -2.91. The van der Waals surface area contributed by atoms with Gasteiger partial charge in [-0.25, -0.2) is 9.97 Å². The van der Waals surface area contributed by atoms with Crippen molar-refractivity contribution < 1.29 is 18.0 Å². The molecule has 5 nitrogen and oxygen atoms in total. The summed E-state index contributed by atoms with van der Waals surface area (Å²) in [5.41, 5.74) is 1.66. The van der Waals surface area contributed by atoms with Crippen LogP contribution < -0.4 is 4.90 Å². The summed E-state index contributed by atoms with van der Waals surface area (Å²) in [7, 11) is 0. The summed E-state index contributed by atoms with van der Waals surface area (Å²) in [6, 6.07) is 5.46. The molecule has 0 bridgehead atoms. The van der Waals surface area contributed by atoms with Crippen LogP contribution in [0.1, 0.15) is 68.2 Å². The van der Waals surface area contributed by atoms with Gasteiger partial charge in [-0.15, -0.1) is 0 Å². The van der Waals surface area contributed by atoms with Crippen LogP contribution in [-0.4, -0.2) is 47.0 Å². The number of hydrogen-bond acceptors (Lipinski definition) is 4. The number of carbonyl (C=O) groups is 1. The Morgan fingerprint density at radius 1 is 1.09 bits per heavy atom. The van der Waals surface area contributed by atoms with Crippen LogP contribution in [-0.2, 0) is 23.8 Å². The van der Waals surface area contributed by atoms with E-state index in [-0.39, 0.29) is 11.8 Å². The van der Waals surface area contributed by atoms with Gasteiger partial charge in [0, 0.05) is 56.2 Å². The monoisotopic (exact) mass is 448 g/mol. The summed E-state index contributed by atoms with van der Waals surface area (Å²) >= 11 is 0. The zero-order valence-electron chi connectivity index (χ0n) is 19.2. The number of nitrogens with zero attached hydrogens (tertiary/aromatic N) is 4. The summed E-state index contributed by atoms with van der Waals surface area (Å²) < 4.78 is 39.7. The number of anilines is 1. The van der Waals surface area contributed by atoms with Crippen molar-refractivity contribution in [1.82, 2.24) is 14.9 Å². The van der Waals surface area contributed by atoms with Gasteiger partial charge in [0.15, 0.2) is 0 Å². The van der Waals surface area contributed by atoms with Gasteiger partial charge in [0.1, 0.15) is 11.6 Å². The number of carbonyl (C=O) groups excluding carboxylic acids is 1. The van der Waals surface area contributed by atoms with Crippen molar-refractivity contribution in [2.45, 2.75) is 59.1 Å². The van der Waals surface area contributed by atoms with E-state index in [1.54, 1.807) is 6.07 Å². The molecule has 8 heteroatoms. The number of halogens is 3. The third kappa shape index (κ3) is 5.40. The zero-order chi connectivity index (χ0) is 23.5. The van der Waals surface area contributed by atoms with Gasteiger partial charge in [-0.1, -0.05) is 45.9 Å². The number of aromatic nitrogens is 2. The molecule has 1 aromatic carbocycles. The average molecular weight is 449 g/mol. The van der Waals surface area contributed by atoms with E-state index in [1.807, 2.05) is 32.6 Å². The smallest absolute Gasteiger partial charge is 0.353 e. The van der Waals surface area contributed by atoms with Gasteiger partial charge >= 0.3 is 6.18 Å². The van der Waals surface area contributed by atoms with Gasteiger partial charge in [-0.2, -0.15) is 13.2 Å². The lowest BCUT2D eigenvalue weighted by atomic mass is 9.99. The molecule has 0 unspecified atom stereocenters. The fraction of sp³-hybridized carbons (Fsp3) is 0.542. The molecular formula is C24H31F3N4O. The highest BCUT2D eigenvalue weighted by Crippen LogP contribution is 2.32. The first-order valence-electron chi connectivity index (χ1n) is 11.2. The SMILES string of the molecule is CCC(=O)N1CCN(c2nc(C(C)C)nc(CC)c2Cc2cccc(C(F)(F)F)c2)CC1. The topological polar surface area (TPSA) is 49.3 Å². The Morgan fingerprint density at radius 3 is 2.34 bits per heavy atom. The molecule has 2 heterocycles. The molecule has 0 saturated carbocycles. The third-order valence-corrected chi connectivity index (χ3v) is 5.81. The summed E-state index contributed by atoms with van der Waals surface area (Å²) in [6.45, 7) is 10.4. The van der Waals surface area contributed by atoms with E-state index >= 15 is 0 Å². The van der Waals surface area contributed by atoms with Crippen molar-refractivity contribution in [3.05, 3.63) is 52.5 Å². The molecule has 1 aliphatic heterocycles. The highest BCUT2D eigenvalue weighted by atomic mass is 19.4. The Hall–Kier alpha value is -2.64. The molecule has 1 aliphatic rings. The van der Waals surface area contributed by atoms with E-state index < -0.39 is 11.7 Å². The molecule has 1 saturated heterocycles. The Kier molecular flexibility index (Phi) is 7.41. The molecule has 174 valence electrons. The number of hydrogen-bond donors (Lipinski definition) is 0. The fourth-order valence-electron chi connectivity index (χ4n) is 3.98. The number of aryl methyl sites for hydroxylation is 1. The third-order valence-electron chi connectivity index (χ3n) is 5.81. The summed E-state index contributed by atoms with van der Waals surface area (Å²) in [5.74, 6) is 1.77. The van der Waals surface area contributed by atoms with Gasteiger partial charge in [-0.3, -0.25) is 4.79 Å². The summed E-state index contributed by atoms with van der Waals surface area (Å²) in [4.78, 5) is 25.7. The number of piperazine rings is 1. The molecule has 3 rings (SSSR count). The minimum Gasteiger partial charge on any atom is -0.353 e. The van der Waals surface area contributed by atoms with Crippen molar-refractivity contribution in [1.29, 1.82) is 0 Å². The average Bonchev–Trinajstić information content (AvgIpc) is 2.78. The molecule has 0 aliphatic carbocycles. The molecule has 0 radical (unpaired) electrons. The first kappa shape index (κ1) is 24.0. The Labute approximate surface area is 187 Å². The van der Waals surface area contributed by atoms with Crippen molar-refractivity contribution in [3.8, 4) is 0 Å². The Bertz CT molecular complexity index is 951. The van der Waals surface area contributed by atoms with Crippen LogP contribution in [0, 0.1) is 0 Å². The van der Waals surface area contributed by atoms with Crippen LogP contribution in [0.15, 0.2) is 24.3 Å². The van der Waals surface area contributed by atoms with Gasteiger partial charge in [0.05, 0.1) is 5.56 Å². The Morgan fingerprint density at radius 2 is 1.78 bits per heavy atom. The molecule has 0 N–H and O–H groups in total. The second kappa shape index (κ2) is 9.88. The first-order chi connectivity index (χ1) is 15.1. The van der Waals surface area contributed by atoms with Crippen LogP contribution in [0.3, 0.4) is 0 Å². The standard InChI is InChI=1S/C24H31F3N4O/c1-5-20-19(15-17-8-7-9-18(14-17)24(25,26)27)23(29-22(28-20)16(3)4)31-12-10-30(11-13-31)21(32)6-2/h7-9,14,16H,5-6,10-13,15H2,1-4H3. The molecule has 0 atom stereocenters. The van der Waals surface area contributed by atoms with E-state index in [9.17, 15) is 18.0 Å². The van der Waals surface area contributed by atoms with Crippen LogP contribution in [0.5, 0.6) is 0 Å². The maximum absolute atomic E-state index is 13.2. The lowest BCUT2D eigenvalue weighted by Crippen LogP contribution is -2.49. The quantitative estimate of drug-likeness (QED) is 0.635. The predicted molar refractivity (Wildman–Crippen MR) is 119 cm³/mol. The molecule has 1 aromatic heterocycles. The van der Waals surface area contributed by atoms with Crippen molar-refractivity contribution in [3.63, 3.8) is 0 Å². The second-order valence-corrected chi connectivity index (χ2v) is 8.44. The van der Waals surface area contributed by atoms with Crippen LogP contribution >= 0.6 is 0 Å². The Balaban J connectivity index is 1.99. The largest absolute Gasteiger partial charge is 0.416 e. The van der Waals surface area contributed by atoms with E-state index in [0.29, 0.717) is 51.0 Å². The van der Waals surface area contributed by atoms with Crippen LogP contribution in [0.4, 0.5) is 19.0 Å². The predicted octanol–water partition coefficient (Wildman–Crippen LogP) is 4.83. The number of alkyl halides is 3. The number of amides is 1. The van der Waals surface area contributed by atoms with Gasteiger partial charge < -0.3 is 9.80 Å². The van der Waals surface area contributed by atoms with Crippen molar-refractivity contribution in [2.24, 2.45) is 0 Å². The fourth-order valence-corrected chi connectivity index (χ4v) is 3.98. The zero-order valence-corrected chi connectivity index (χ0v) is 19.2. The maximum atomic E-state index is 13.2. The van der Waals surface area contributed by atoms with Crippen LogP contribution in [0.2, 0.25) is 0 Å². The molecule has 1 fully saturated rings. The van der Waals surface area contributed by atoms with Gasteiger partial charge in [0.25, 0.3) is 0 Å². The van der Waals surface area contributed by atoms with Crippen molar-refractivity contribution >= 4 is 11.7 Å². The van der Waals surface area contributed by atoms with E-state index in [2.05, 4.69) is 4.90 Å². The van der Waals surface area contributed by atoms with Gasteiger partial charge in [0.2, 0.25) is 5.91 Å². The molecule has 32 heavy (non-hydrogen) atoms. The highest BCUT2D eigenvalue weighted by molar-refractivity contribution is 5.76. The highest BCUT2D eigenvalue weighted by Gasteiger charge is 2.31. The minimum atomic E-state index is -4.38. The van der Waals surface area contributed by atoms with Crippen molar-refractivity contribution in [2.75, 3.05) is 31.1 Å². The van der Waals surface area contributed by atoms with Gasteiger partial charge in [-0.05, 0) is 18.1 Å². The normalized spacial score (nSPS) is 14.9. The van der Waals surface area contributed by atoms with E-state index in [0.717, 1.165) is 29.0 Å². The van der Waals surface area contributed by atoms with E-state index in [1.165, 1.54) is 12.1 Å². The lowest BCUT2D eigenvalue weighted by molar-refractivity contribution is -0.137. The second-order valence-electron chi connectivity index (χ2n) is 8.44. The van der Waals surface area contributed by atoms with Crippen LogP contribution in [0.25, 0.3) is 0 Å². The number of rotatable bonds is 6. The molecule has 2 aromatic rings. The summed E-state index contributed by atoms with van der Waals surface area (Å²) in [5, 5.41) is 0. The number of benzene rings is 1. The lowest BCUT2D eigenvalue weighted by Gasteiger charge is -2.36. The van der Waals surface area contributed by atoms with E-state index in [4.69, 9.17) is 9.97 Å². The minimum absolute atomic E-state index is 0.129. The first-order valence-corrected chi connectivity index (χ1v) is 11.2.